The first kappa shape index (κ1) is 16.7. The maximum Gasteiger partial charge on any atom is 0.328 e. The summed E-state index contributed by atoms with van der Waals surface area (Å²) < 4.78 is 0. The molecule has 0 bridgehead atoms. The minimum absolute atomic E-state index is 0.000220. The predicted molar refractivity (Wildman–Crippen MR) is 79.2 cm³/mol. The van der Waals surface area contributed by atoms with Crippen LogP contribution in [0, 0.1) is 12.8 Å². The maximum atomic E-state index is 11.9. The van der Waals surface area contributed by atoms with E-state index in [0.29, 0.717) is 5.69 Å². The Morgan fingerprint density at radius 2 is 1.76 bits per heavy atom. The van der Waals surface area contributed by atoms with Crippen LogP contribution in [0.25, 0.3) is 0 Å². The number of hydrogen-bond acceptors (Lipinski definition) is 3. The molecule has 114 valence electrons. The number of carbonyl (C=O) groups is 3. The third-order valence-corrected chi connectivity index (χ3v) is 3.03. The standard InChI is InChI=1S/C15H20N2O4/c1-10-4-6-12(7-5-10)17(3)15(21)16-13(18)8-11(2)9-14(19)20/h4-7,11H,8-9H2,1-3H3,(H,19,20)(H,16,18,21). The number of rotatable bonds is 5. The van der Waals surface area contributed by atoms with Crippen molar-refractivity contribution >= 4 is 23.6 Å². The number of carbonyl (C=O) groups excluding carboxylic acids is 2. The van der Waals surface area contributed by atoms with Crippen molar-refractivity contribution in [2.45, 2.75) is 26.7 Å². The Labute approximate surface area is 123 Å². The summed E-state index contributed by atoms with van der Waals surface area (Å²) >= 11 is 0. The normalized spacial score (nSPS) is 11.6. The zero-order valence-electron chi connectivity index (χ0n) is 12.4. The minimum Gasteiger partial charge on any atom is -0.481 e. The predicted octanol–water partition coefficient (Wildman–Crippen LogP) is 2.17. The first-order chi connectivity index (χ1) is 9.79. The number of carboxylic acid groups (broad SMARTS) is 1. The van der Waals surface area contributed by atoms with Crippen LogP contribution in [0.2, 0.25) is 0 Å². The van der Waals surface area contributed by atoms with E-state index in [-0.39, 0.29) is 18.8 Å². The van der Waals surface area contributed by atoms with Crippen molar-refractivity contribution in [2.75, 3.05) is 11.9 Å². The van der Waals surface area contributed by atoms with Crippen LogP contribution in [0.1, 0.15) is 25.3 Å². The Morgan fingerprint density at radius 3 is 2.29 bits per heavy atom. The molecule has 0 aliphatic heterocycles. The number of benzene rings is 1. The molecule has 6 nitrogen and oxygen atoms in total. The van der Waals surface area contributed by atoms with Crippen LogP contribution < -0.4 is 10.2 Å². The number of imide groups is 1. The number of hydrogen-bond donors (Lipinski definition) is 2. The van der Waals surface area contributed by atoms with Crippen LogP contribution >= 0.6 is 0 Å². The molecule has 0 fully saturated rings. The van der Waals surface area contributed by atoms with Crippen LogP contribution in [0.3, 0.4) is 0 Å². The largest absolute Gasteiger partial charge is 0.481 e. The van der Waals surface area contributed by atoms with Gasteiger partial charge in [-0.2, -0.15) is 0 Å². The van der Waals surface area contributed by atoms with Gasteiger partial charge in [-0.05, 0) is 25.0 Å². The molecule has 1 unspecified atom stereocenters. The van der Waals surface area contributed by atoms with Gasteiger partial charge in [0.05, 0.1) is 0 Å². The van der Waals surface area contributed by atoms with Crippen LogP contribution in [-0.2, 0) is 9.59 Å². The summed E-state index contributed by atoms with van der Waals surface area (Å²) in [5, 5.41) is 10.9. The van der Waals surface area contributed by atoms with Gasteiger partial charge in [-0.15, -0.1) is 0 Å². The van der Waals surface area contributed by atoms with Crippen molar-refractivity contribution < 1.29 is 19.5 Å². The van der Waals surface area contributed by atoms with Crippen molar-refractivity contribution in [2.24, 2.45) is 5.92 Å². The van der Waals surface area contributed by atoms with Gasteiger partial charge in [-0.25, -0.2) is 4.79 Å². The van der Waals surface area contributed by atoms with Crippen LogP contribution in [-0.4, -0.2) is 30.1 Å². The van der Waals surface area contributed by atoms with E-state index in [1.165, 1.54) is 4.90 Å². The number of carboxylic acids is 1. The third kappa shape index (κ3) is 5.64. The fourth-order valence-corrected chi connectivity index (χ4v) is 1.83. The summed E-state index contributed by atoms with van der Waals surface area (Å²) in [5.74, 6) is -1.76. The highest BCUT2D eigenvalue weighted by atomic mass is 16.4. The first-order valence-electron chi connectivity index (χ1n) is 6.65. The average molecular weight is 292 g/mol. The lowest BCUT2D eigenvalue weighted by Gasteiger charge is -2.18. The molecule has 0 aromatic heterocycles. The summed E-state index contributed by atoms with van der Waals surface area (Å²) in [7, 11) is 1.56. The lowest BCUT2D eigenvalue weighted by molar-refractivity contribution is -0.138. The molecule has 0 radical (unpaired) electrons. The van der Waals surface area contributed by atoms with E-state index >= 15 is 0 Å². The molecular formula is C15H20N2O4. The zero-order valence-corrected chi connectivity index (χ0v) is 12.4. The average Bonchev–Trinajstić information content (AvgIpc) is 2.37. The fourth-order valence-electron chi connectivity index (χ4n) is 1.83. The number of amides is 3. The lowest BCUT2D eigenvalue weighted by Crippen LogP contribution is -2.41. The summed E-state index contributed by atoms with van der Waals surface area (Å²) in [6.45, 7) is 3.60. The SMILES string of the molecule is Cc1ccc(N(C)C(=O)NC(=O)CC(C)CC(=O)O)cc1. The summed E-state index contributed by atoms with van der Waals surface area (Å²) in [4.78, 5) is 35.5. The second-order valence-corrected chi connectivity index (χ2v) is 5.16. The van der Waals surface area contributed by atoms with Crippen LogP contribution in [0.5, 0.6) is 0 Å². The van der Waals surface area contributed by atoms with E-state index in [4.69, 9.17) is 5.11 Å². The molecule has 1 rings (SSSR count). The topological polar surface area (TPSA) is 86.7 Å². The highest BCUT2D eigenvalue weighted by Gasteiger charge is 2.17. The van der Waals surface area contributed by atoms with Gasteiger partial charge in [0.1, 0.15) is 0 Å². The van der Waals surface area contributed by atoms with Crippen LogP contribution in [0.15, 0.2) is 24.3 Å². The molecule has 0 saturated carbocycles. The van der Waals surface area contributed by atoms with E-state index in [2.05, 4.69) is 5.32 Å². The molecule has 0 spiro atoms. The second kappa shape index (κ2) is 7.42. The van der Waals surface area contributed by atoms with Gasteiger partial charge < -0.3 is 5.11 Å². The zero-order chi connectivity index (χ0) is 16.0. The first-order valence-corrected chi connectivity index (χ1v) is 6.65. The molecule has 6 heteroatoms. The smallest absolute Gasteiger partial charge is 0.328 e. The van der Waals surface area contributed by atoms with Crippen LogP contribution in [0.4, 0.5) is 10.5 Å². The van der Waals surface area contributed by atoms with Gasteiger partial charge in [0, 0.05) is 25.6 Å². The lowest BCUT2D eigenvalue weighted by atomic mass is 10.0. The number of nitrogens with zero attached hydrogens (tertiary/aromatic N) is 1. The Bertz CT molecular complexity index is 525. The Morgan fingerprint density at radius 1 is 1.19 bits per heavy atom. The summed E-state index contributed by atoms with van der Waals surface area (Å²) in [6.07, 6.45) is -0.102. The quantitative estimate of drug-likeness (QED) is 0.870. The van der Waals surface area contributed by atoms with E-state index < -0.39 is 17.9 Å². The highest BCUT2D eigenvalue weighted by molar-refractivity contribution is 6.02. The molecule has 0 aliphatic rings. The van der Waals surface area contributed by atoms with Gasteiger partial charge >= 0.3 is 12.0 Å². The number of aryl methyl sites for hydroxylation is 1. The van der Waals surface area contributed by atoms with Gasteiger partial charge in [-0.3, -0.25) is 19.8 Å². The molecule has 21 heavy (non-hydrogen) atoms. The van der Waals surface area contributed by atoms with Crippen molar-refractivity contribution in [1.29, 1.82) is 0 Å². The summed E-state index contributed by atoms with van der Waals surface area (Å²) in [5.41, 5.74) is 1.75. The van der Waals surface area contributed by atoms with E-state index in [1.54, 1.807) is 26.1 Å². The van der Waals surface area contributed by atoms with Crippen molar-refractivity contribution in [1.82, 2.24) is 5.32 Å². The van der Waals surface area contributed by atoms with E-state index in [1.807, 2.05) is 19.1 Å². The van der Waals surface area contributed by atoms with Crippen molar-refractivity contribution in [3.05, 3.63) is 29.8 Å². The molecular weight excluding hydrogens is 272 g/mol. The second-order valence-electron chi connectivity index (χ2n) is 5.16. The van der Waals surface area contributed by atoms with Gasteiger partial charge in [0.15, 0.2) is 0 Å². The third-order valence-electron chi connectivity index (χ3n) is 3.03. The summed E-state index contributed by atoms with van der Waals surface area (Å²) in [6, 6.07) is 6.77. The maximum absolute atomic E-state index is 11.9. The van der Waals surface area contributed by atoms with Crippen molar-refractivity contribution in [3.8, 4) is 0 Å². The molecule has 0 aliphatic carbocycles. The monoisotopic (exact) mass is 292 g/mol. The van der Waals surface area contributed by atoms with Gasteiger partial charge in [0.2, 0.25) is 5.91 Å². The molecule has 1 aromatic carbocycles. The molecule has 3 amide bonds. The Kier molecular flexibility index (Phi) is 5.90. The fraction of sp³-hybridized carbons (Fsp3) is 0.400. The molecule has 2 N–H and O–H groups in total. The highest BCUT2D eigenvalue weighted by Crippen LogP contribution is 2.13. The number of nitrogens with one attached hydrogen (secondary N) is 1. The number of anilines is 1. The number of urea groups is 1. The minimum atomic E-state index is -0.960. The molecule has 0 saturated heterocycles. The van der Waals surface area contributed by atoms with Crippen molar-refractivity contribution in [3.63, 3.8) is 0 Å². The molecule has 1 aromatic rings. The molecule has 1 atom stereocenters. The Balaban J connectivity index is 2.54. The van der Waals surface area contributed by atoms with Gasteiger partial charge in [0.25, 0.3) is 0 Å². The van der Waals surface area contributed by atoms with E-state index in [0.717, 1.165) is 5.56 Å². The van der Waals surface area contributed by atoms with Gasteiger partial charge in [-0.1, -0.05) is 24.6 Å². The number of aliphatic carboxylic acids is 1. The molecule has 0 heterocycles. The van der Waals surface area contributed by atoms with E-state index in [9.17, 15) is 14.4 Å². The Hall–Kier alpha value is -2.37.